The zero-order valence-corrected chi connectivity index (χ0v) is 47.6. The van der Waals surface area contributed by atoms with Crippen molar-refractivity contribution in [2.45, 2.75) is 284 Å². The molecule has 0 aromatic heterocycles. The Morgan fingerprint density at radius 2 is 0.562 bits per heavy atom. The number of rotatable bonds is 54. The molecule has 0 unspecified atom stereocenters. The molecule has 0 spiro atoms. The maximum Gasteiger partial charge on any atom is 0.306 e. The minimum atomic E-state index is -0.815. The van der Waals surface area contributed by atoms with E-state index in [1.165, 1.54) is 148 Å². The van der Waals surface area contributed by atoms with Crippen LogP contribution in [0.3, 0.4) is 0 Å². The third kappa shape index (κ3) is 58.8. The molecule has 0 rings (SSSR count). The first kappa shape index (κ1) is 69.1. The Balaban J connectivity index is 4.51. The number of hydrogen-bond donors (Lipinski definition) is 0. The van der Waals surface area contributed by atoms with Gasteiger partial charge in [0.25, 0.3) is 0 Å². The van der Waals surface area contributed by atoms with E-state index >= 15 is 0 Å². The highest BCUT2D eigenvalue weighted by Gasteiger charge is 2.19. The van der Waals surface area contributed by atoms with Gasteiger partial charge in [0.2, 0.25) is 0 Å². The second-order valence-corrected chi connectivity index (χ2v) is 19.9. The van der Waals surface area contributed by atoms with E-state index in [1.807, 2.05) is 6.08 Å². The average molecular weight is 1010 g/mol. The number of allylic oxidation sites excluding steroid dienone is 18. The molecule has 1 atom stereocenters. The van der Waals surface area contributed by atoms with Crippen molar-refractivity contribution in [1.29, 1.82) is 0 Å². The van der Waals surface area contributed by atoms with Crippen LogP contribution < -0.4 is 0 Å². The molecule has 0 radical (unpaired) electrons. The van der Waals surface area contributed by atoms with Gasteiger partial charge in [0, 0.05) is 19.3 Å². The van der Waals surface area contributed by atoms with Crippen molar-refractivity contribution < 1.29 is 28.6 Å². The van der Waals surface area contributed by atoms with Crippen molar-refractivity contribution in [2.75, 3.05) is 13.2 Å². The topological polar surface area (TPSA) is 78.9 Å². The summed E-state index contributed by atoms with van der Waals surface area (Å²) in [4.78, 5) is 38.2. The molecule has 0 aromatic carbocycles. The third-order valence-electron chi connectivity index (χ3n) is 12.7. The fraction of sp³-hybridized carbons (Fsp3) is 0.687. The zero-order valence-electron chi connectivity index (χ0n) is 47.6. The third-order valence-corrected chi connectivity index (χ3v) is 12.7. The fourth-order valence-corrected chi connectivity index (χ4v) is 8.20. The minimum Gasteiger partial charge on any atom is -0.462 e. The maximum absolute atomic E-state index is 12.9. The first-order valence-electron chi connectivity index (χ1n) is 30.4. The Kier molecular flexibility index (Phi) is 57.4. The van der Waals surface area contributed by atoms with Crippen molar-refractivity contribution in [3.63, 3.8) is 0 Å². The second-order valence-electron chi connectivity index (χ2n) is 19.9. The van der Waals surface area contributed by atoms with Crippen LogP contribution in [0.25, 0.3) is 0 Å². The van der Waals surface area contributed by atoms with Crippen molar-refractivity contribution in [1.82, 2.24) is 0 Å². The Morgan fingerprint density at radius 1 is 0.288 bits per heavy atom. The molecule has 0 saturated carbocycles. The van der Waals surface area contributed by atoms with Gasteiger partial charge in [-0.15, -0.1) is 0 Å². The monoisotopic (exact) mass is 1010 g/mol. The molecule has 0 aliphatic heterocycles. The summed E-state index contributed by atoms with van der Waals surface area (Å²) in [5, 5.41) is 0. The van der Waals surface area contributed by atoms with Crippen molar-refractivity contribution in [3.8, 4) is 0 Å². The van der Waals surface area contributed by atoms with E-state index in [4.69, 9.17) is 14.2 Å². The summed E-state index contributed by atoms with van der Waals surface area (Å²) in [6.45, 7) is 6.44. The standard InChI is InChI=1S/C67H112O6/c1-4-7-10-13-16-19-22-25-28-31-33-36-39-42-45-48-51-54-57-60-66(69)72-63-64(62-71-65(68)59-56-53-50-47-44-41-38-35-30-27-24-21-18-15-12-9-6-3)73-67(70)61-58-55-52-49-46-43-40-37-34-32-29-26-23-20-17-14-11-8-5-2/h7,10,16-17,19-20,25-30,33,36,42,45,51,54,64H,4-6,8-9,11-15,18,21-24,31-32,34-35,37-41,43-44,46-50,52-53,55-63H2,1-3H3/b10-7-,19-16-,20-17-,28-25-,29-26-,30-27-,36-33-,45-42-,54-51-/t64-/m1/s1. The molecule has 0 aliphatic carbocycles. The van der Waals surface area contributed by atoms with Gasteiger partial charge < -0.3 is 14.2 Å². The molecule has 0 heterocycles. The first-order chi connectivity index (χ1) is 36.0. The predicted molar refractivity (Wildman–Crippen MR) is 316 cm³/mol. The maximum atomic E-state index is 12.9. The average Bonchev–Trinajstić information content (AvgIpc) is 3.39. The van der Waals surface area contributed by atoms with E-state index in [2.05, 4.69) is 124 Å². The SMILES string of the molecule is CC/C=C\C/C=C\C/C=C\C/C=C\C/C=C\C/C=C\CCC(=O)OC[C@@H](COC(=O)CCCCCCCCC/C=C\CCCCCCCC)OC(=O)CCCCCCCCCCC/C=C\C/C=C\CCCCC. The van der Waals surface area contributed by atoms with E-state index in [1.54, 1.807) is 0 Å². The zero-order chi connectivity index (χ0) is 52.9. The summed E-state index contributed by atoms with van der Waals surface area (Å²) in [5.41, 5.74) is 0. The van der Waals surface area contributed by atoms with Crippen LogP contribution in [0.5, 0.6) is 0 Å². The van der Waals surface area contributed by atoms with Gasteiger partial charge in [-0.25, -0.2) is 0 Å². The number of esters is 3. The minimum absolute atomic E-state index is 0.106. The van der Waals surface area contributed by atoms with Crippen LogP contribution in [0.15, 0.2) is 109 Å². The molecule has 6 heteroatoms. The highest BCUT2D eigenvalue weighted by Crippen LogP contribution is 2.15. The molecule has 0 bridgehead atoms. The van der Waals surface area contributed by atoms with E-state index in [0.29, 0.717) is 19.3 Å². The summed E-state index contributed by atoms with van der Waals surface area (Å²) in [6.07, 6.45) is 82.3. The highest BCUT2D eigenvalue weighted by molar-refractivity contribution is 5.71. The molecule has 73 heavy (non-hydrogen) atoms. The molecule has 0 aliphatic rings. The van der Waals surface area contributed by atoms with Gasteiger partial charge >= 0.3 is 17.9 Å². The summed E-state index contributed by atoms with van der Waals surface area (Å²) in [7, 11) is 0. The van der Waals surface area contributed by atoms with Gasteiger partial charge in [-0.1, -0.05) is 252 Å². The van der Waals surface area contributed by atoms with Gasteiger partial charge in [-0.05, 0) is 116 Å². The van der Waals surface area contributed by atoms with E-state index in [9.17, 15) is 14.4 Å². The fourth-order valence-electron chi connectivity index (χ4n) is 8.20. The van der Waals surface area contributed by atoms with E-state index in [-0.39, 0.29) is 37.5 Å². The Labute approximate surface area is 450 Å². The van der Waals surface area contributed by atoms with Gasteiger partial charge in [0.1, 0.15) is 13.2 Å². The summed E-state index contributed by atoms with van der Waals surface area (Å²) >= 11 is 0. The van der Waals surface area contributed by atoms with Gasteiger partial charge in [0.05, 0.1) is 0 Å². The molecule has 0 aromatic rings. The van der Waals surface area contributed by atoms with Crippen molar-refractivity contribution >= 4 is 17.9 Å². The lowest BCUT2D eigenvalue weighted by atomic mass is 10.1. The van der Waals surface area contributed by atoms with Crippen LogP contribution in [0.2, 0.25) is 0 Å². The lowest BCUT2D eigenvalue weighted by Crippen LogP contribution is -2.30. The Morgan fingerprint density at radius 3 is 0.959 bits per heavy atom. The van der Waals surface area contributed by atoms with Crippen molar-refractivity contribution in [2.24, 2.45) is 0 Å². The van der Waals surface area contributed by atoms with Crippen LogP contribution in [-0.4, -0.2) is 37.2 Å². The van der Waals surface area contributed by atoms with E-state index in [0.717, 1.165) is 83.5 Å². The van der Waals surface area contributed by atoms with Gasteiger partial charge in [-0.2, -0.15) is 0 Å². The normalized spacial score (nSPS) is 12.9. The number of unbranched alkanes of at least 4 members (excludes halogenated alkanes) is 25. The molecule has 6 nitrogen and oxygen atoms in total. The molecule has 0 fully saturated rings. The Hall–Kier alpha value is -3.93. The number of carbonyl (C=O) groups excluding carboxylic acids is 3. The number of ether oxygens (including phenoxy) is 3. The summed E-state index contributed by atoms with van der Waals surface area (Å²) in [5.74, 6) is -0.998. The largest absolute Gasteiger partial charge is 0.462 e. The summed E-state index contributed by atoms with van der Waals surface area (Å²) in [6, 6.07) is 0. The van der Waals surface area contributed by atoms with Crippen molar-refractivity contribution in [3.05, 3.63) is 109 Å². The Bertz CT molecular complexity index is 1490. The highest BCUT2D eigenvalue weighted by atomic mass is 16.6. The number of carbonyl (C=O) groups is 3. The van der Waals surface area contributed by atoms with E-state index < -0.39 is 6.10 Å². The van der Waals surface area contributed by atoms with Crippen LogP contribution in [0, 0.1) is 0 Å². The van der Waals surface area contributed by atoms with Crippen LogP contribution in [0.4, 0.5) is 0 Å². The quantitative estimate of drug-likeness (QED) is 0.0261. The van der Waals surface area contributed by atoms with Gasteiger partial charge in [-0.3, -0.25) is 14.4 Å². The predicted octanol–water partition coefficient (Wildman–Crippen LogP) is 20.7. The molecule has 0 amide bonds. The lowest BCUT2D eigenvalue weighted by Gasteiger charge is -2.18. The van der Waals surface area contributed by atoms with Crippen LogP contribution in [0.1, 0.15) is 278 Å². The molecular formula is C67H112O6. The van der Waals surface area contributed by atoms with Gasteiger partial charge in [0.15, 0.2) is 6.10 Å². The second kappa shape index (κ2) is 60.6. The summed E-state index contributed by atoms with van der Waals surface area (Å²) < 4.78 is 16.8. The molecule has 0 N–H and O–H groups in total. The number of hydrogen-bond acceptors (Lipinski definition) is 6. The smallest absolute Gasteiger partial charge is 0.306 e. The molecule has 416 valence electrons. The van der Waals surface area contributed by atoms with Crippen LogP contribution in [-0.2, 0) is 28.6 Å². The first-order valence-corrected chi connectivity index (χ1v) is 30.4. The molecule has 0 saturated heterocycles. The molecular weight excluding hydrogens is 901 g/mol. The van der Waals surface area contributed by atoms with Crippen LogP contribution >= 0.6 is 0 Å². The lowest BCUT2D eigenvalue weighted by molar-refractivity contribution is -0.166.